The number of unbranched alkanes of at least 4 members (excludes halogenated alkanes) is 7. The Kier molecular flexibility index (Phi) is 16.7. The van der Waals surface area contributed by atoms with Gasteiger partial charge in [-0.1, -0.05) is 91.9 Å². The minimum absolute atomic E-state index is 0.201. The molecule has 0 amide bonds. The highest BCUT2D eigenvalue weighted by Crippen LogP contribution is 2.39. The van der Waals surface area contributed by atoms with E-state index < -0.39 is 8.32 Å². The Bertz CT molecular complexity index is 813. The zero-order valence-electron chi connectivity index (χ0n) is 28.4. The summed E-state index contributed by atoms with van der Waals surface area (Å²) < 4.78 is 19.8. The van der Waals surface area contributed by atoms with Crippen LogP contribution < -0.4 is 0 Å². The highest BCUT2D eigenvalue weighted by Gasteiger charge is 2.40. The molecule has 2 rings (SSSR count). The van der Waals surface area contributed by atoms with Gasteiger partial charge in [0.25, 0.3) is 0 Å². The lowest BCUT2D eigenvalue weighted by atomic mass is 9.94. The fourth-order valence-corrected chi connectivity index (χ4v) is 7.58. The summed E-state index contributed by atoms with van der Waals surface area (Å²) in [4.78, 5) is 0. The van der Waals surface area contributed by atoms with E-state index in [1.807, 2.05) is 0 Å². The van der Waals surface area contributed by atoms with E-state index in [-0.39, 0.29) is 35.4 Å². The maximum atomic E-state index is 6.69. The van der Waals surface area contributed by atoms with Crippen molar-refractivity contribution in [2.75, 3.05) is 0 Å². The molecule has 4 heteroatoms. The molecule has 7 atom stereocenters. The Hall–Kier alpha value is -0.783. The molecule has 2 aliphatic rings. The molecule has 3 nitrogen and oxygen atoms in total. The minimum atomic E-state index is -1.82. The van der Waals surface area contributed by atoms with Crippen LogP contribution >= 0.6 is 0 Å². The predicted octanol–water partition coefficient (Wildman–Crippen LogP) is 10.5. The van der Waals surface area contributed by atoms with Gasteiger partial charge in [0.05, 0.1) is 24.4 Å². The van der Waals surface area contributed by atoms with Crippen LogP contribution in [0.2, 0.25) is 18.1 Å². The molecule has 2 unspecified atom stereocenters. The van der Waals surface area contributed by atoms with Crippen molar-refractivity contribution < 1.29 is 13.9 Å². The number of rotatable bonds is 18. The van der Waals surface area contributed by atoms with Gasteiger partial charge in [-0.25, -0.2) is 0 Å². The molecule has 0 aromatic rings. The monoisotopic (exact) mass is 586 g/mol. The van der Waals surface area contributed by atoms with Gasteiger partial charge in [0.1, 0.15) is 0 Å². The first-order valence-electron chi connectivity index (χ1n) is 17.4. The summed E-state index contributed by atoms with van der Waals surface area (Å²) in [7, 11) is -1.82. The smallest absolute Gasteiger partial charge is 0.192 e. The Morgan fingerprint density at radius 3 is 1.98 bits per heavy atom. The van der Waals surface area contributed by atoms with Gasteiger partial charge in [0.15, 0.2) is 8.32 Å². The first kappa shape index (κ1) is 36.4. The molecule has 2 aliphatic heterocycles. The van der Waals surface area contributed by atoms with Crippen molar-refractivity contribution in [1.29, 1.82) is 0 Å². The number of hydrogen-bond donors (Lipinski definition) is 0. The van der Waals surface area contributed by atoms with Crippen LogP contribution in [0, 0.1) is 36.0 Å². The van der Waals surface area contributed by atoms with E-state index in [0.717, 1.165) is 44.9 Å². The lowest BCUT2D eigenvalue weighted by Gasteiger charge is -2.39. The first-order chi connectivity index (χ1) is 19.5. The molecule has 0 N–H and O–H groups in total. The molecule has 2 heterocycles. The fourth-order valence-electron chi connectivity index (χ4n) is 6.16. The summed E-state index contributed by atoms with van der Waals surface area (Å²) in [5.41, 5.74) is 0. The van der Waals surface area contributed by atoms with E-state index in [0.29, 0.717) is 12.0 Å². The second-order valence-corrected chi connectivity index (χ2v) is 19.5. The molecule has 2 saturated heterocycles. The van der Waals surface area contributed by atoms with Gasteiger partial charge >= 0.3 is 0 Å². The Morgan fingerprint density at radius 1 is 0.805 bits per heavy atom. The van der Waals surface area contributed by atoms with Crippen LogP contribution in [0.3, 0.4) is 0 Å². The summed E-state index contributed by atoms with van der Waals surface area (Å²) in [6.45, 7) is 18.5. The zero-order chi connectivity index (χ0) is 30.3. The van der Waals surface area contributed by atoms with Crippen molar-refractivity contribution in [2.24, 2.45) is 11.8 Å². The summed E-state index contributed by atoms with van der Waals surface area (Å²) >= 11 is 0. The third kappa shape index (κ3) is 13.2. The van der Waals surface area contributed by atoms with E-state index in [4.69, 9.17) is 20.3 Å². The van der Waals surface area contributed by atoms with Crippen LogP contribution in [0.1, 0.15) is 151 Å². The van der Waals surface area contributed by atoms with Gasteiger partial charge in [0.2, 0.25) is 0 Å². The maximum Gasteiger partial charge on any atom is 0.192 e. The average Bonchev–Trinajstić information content (AvgIpc) is 3.60. The summed E-state index contributed by atoms with van der Waals surface area (Å²) in [6, 6.07) is 0. The van der Waals surface area contributed by atoms with Crippen LogP contribution in [-0.2, 0) is 13.9 Å². The quantitative estimate of drug-likeness (QED) is 0.0908. The van der Waals surface area contributed by atoms with Crippen molar-refractivity contribution in [3.05, 3.63) is 0 Å². The normalized spacial score (nSPS) is 25.3. The van der Waals surface area contributed by atoms with Gasteiger partial charge in [-0.3, -0.25) is 0 Å². The molecule has 0 saturated carbocycles. The van der Waals surface area contributed by atoms with E-state index in [2.05, 4.69) is 72.4 Å². The first-order valence-corrected chi connectivity index (χ1v) is 20.3. The van der Waals surface area contributed by atoms with Gasteiger partial charge in [-0.2, -0.15) is 0 Å². The predicted molar refractivity (Wildman–Crippen MR) is 178 cm³/mol. The second-order valence-electron chi connectivity index (χ2n) is 14.7. The van der Waals surface area contributed by atoms with Crippen molar-refractivity contribution in [2.45, 2.75) is 199 Å². The fraction of sp³-hybridized carbons (Fsp3) is 0.892. The molecule has 2 fully saturated rings. The number of ether oxygens (including phenoxy) is 2. The van der Waals surface area contributed by atoms with Gasteiger partial charge in [-0.05, 0) is 75.9 Å². The van der Waals surface area contributed by atoms with Crippen molar-refractivity contribution in [3.8, 4) is 24.2 Å². The van der Waals surface area contributed by atoms with E-state index in [1.165, 1.54) is 64.2 Å². The molecule has 0 aromatic heterocycles. The SMILES string of the molecule is C#CCCC(CCC#CC(C)[C@H]1CC[C@H]([C@H]2CC[C@H]([C@H](C)CCCCCCCCCC)O2)O1)O[Si](C)(C)C(C)(C)C. The van der Waals surface area contributed by atoms with Crippen LogP contribution in [-0.4, -0.2) is 38.8 Å². The maximum absolute atomic E-state index is 6.69. The highest BCUT2D eigenvalue weighted by atomic mass is 28.4. The zero-order valence-corrected chi connectivity index (χ0v) is 29.4. The van der Waals surface area contributed by atoms with Gasteiger partial charge in [0, 0.05) is 24.9 Å². The Balaban J connectivity index is 1.70. The second kappa shape index (κ2) is 18.8. The van der Waals surface area contributed by atoms with Gasteiger partial charge in [-0.15, -0.1) is 18.3 Å². The van der Waals surface area contributed by atoms with Crippen molar-refractivity contribution in [3.63, 3.8) is 0 Å². The largest absolute Gasteiger partial charge is 0.414 e. The minimum Gasteiger partial charge on any atom is -0.414 e. The van der Waals surface area contributed by atoms with Gasteiger partial charge < -0.3 is 13.9 Å². The lowest BCUT2D eigenvalue weighted by Crippen LogP contribution is -2.43. The summed E-state index contributed by atoms with van der Waals surface area (Å²) in [6.07, 6.45) is 27.4. The Morgan fingerprint density at radius 2 is 1.37 bits per heavy atom. The third-order valence-electron chi connectivity index (χ3n) is 10.1. The lowest BCUT2D eigenvalue weighted by molar-refractivity contribution is -0.0805. The van der Waals surface area contributed by atoms with E-state index in [9.17, 15) is 0 Å². The number of terminal acetylenes is 1. The van der Waals surface area contributed by atoms with E-state index >= 15 is 0 Å². The molecule has 0 radical (unpaired) electrons. The molecule has 0 spiro atoms. The third-order valence-corrected chi connectivity index (χ3v) is 14.6. The molecular weight excluding hydrogens is 520 g/mol. The molecule has 0 bridgehead atoms. The van der Waals surface area contributed by atoms with Crippen molar-refractivity contribution in [1.82, 2.24) is 0 Å². The van der Waals surface area contributed by atoms with Crippen LogP contribution in [0.4, 0.5) is 0 Å². The number of hydrogen-bond acceptors (Lipinski definition) is 3. The standard InChI is InChI=1S/C37H66O3Si/c1-10-12-14-15-16-17-18-19-22-30(3)33-26-28-35(38-33)36-29-27-34(39-36)31(4)23-20-21-25-32(24-13-11-2)40-41(8,9)37(5,6)7/h2,30-36H,10,12-19,21-22,24-29H2,1,3-9H3/t30-,31?,32?,33-,34-,35-,36-/m1/s1. The average molecular weight is 587 g/mol. The van der Waals surface area contributed by atoms with Crippen LogP contribution in [0.25, 0.3) is 0 Å². The molecular formula is C37H66O3Si. The van der Waals surface area contributed by atoms with Crippen molar-refractivity contribution >= 4 is 8.32 Å². The summed E-state index contributed by atoms with van der Waals surface area (Å²) in [5.74, 6) is 10.7. The molecule has 41 heavy (non-hydrogen) atoms. The molecule has 236 valence electrons. The van der Waals surface area contributed by atoms with Crippen LogP contribution in [0.5, 0.6) is 0 Å². The molecule has 0 aliphatic carbocycles. The topological polar surface area (TPSA) is 27.7 Å². The van der Waals surface area contributed by atoms with Crippen LogP contribution in [0.15, 0.2) is 0 Å². The van der Waals surface area contributed by atoms with E-state index in [1.54, 1.807) is 0 Å². The summed E-state index contributed by atoms with van der Waals surface area (Å²) in [5, 5.41) is 0.201. The Labute approximate surface area is 257 Å². The highest BCUT2D eigenvalue weighted by molar-refractivity contribution is 6.74. The molecule has 0 aromatic carbocycles.